The summed E-state index contributed by atoms with van der Waals surface area (Å²) in [5.74, 6) is 0.886. The Morgan fingerprint density at radius 2 is 2.17 bits per heavy atom. The van der Waals surface area contributed by atoms with Crippen LogP contribution in [-0.2, 0) is 24.3 Å². The fourth-order valence-corrected chi connectivity index (χ4v) is 2.64. The van der Waals surface area contributed by atoms with Gasteiger partial charge in [0, 0.05) is 25.5 Å². The molecule has 0 aliphatic rings. The van der Waals surface area contributed by atoms with Gasteiger partial charge in [0.2, 0.25) is 5.91 Å². The SMILES string of the molecule is CCc1nc2ccccc2n1CCC(=O)NCc1cc(=O)[nH]cn1. The molecule has 1 amide bonds. The van der Waals surface area contributed by atoms with E-state index in [1.807, 2.05) is 24.3 Å². The fourth-order valence-electron chi connectivity index (χ4n) is 2.64. The van der Waals surface area contributed by atoms with Gasteiger partial charge in [-0.05, 0) is 12.1 Å². The minimum atomic E-state index is -0.230. The Morgan fingerprint density at radius 1 is 1.33 bits per heavy atom. The summed E-state index contributed by atoms with van der Waals surface area (Å²) in [6, 6.07) is 9.29. The van der Waals surface area contributed by atoms with E-state index < -0.39 is 0 Å². The van der Waals surface area contributed by atoms with Crippen molar-refractivity contribution in [2.45, 2.75) is 32.9 Å². The second-order valence-corrected chi connectivity index (χ2v) is 5.45. The first-order valence-electron chi connectivity index (χ1n) is 7.92. The van der Waals surface area contributed by atoms with Gasteiger partial charge in [-0.2, -0.15) is 0 Å². The molecule has 0 aliphatic carbocycles. The van der Waals surface area contributed by atoms with Crippen LogP contribution in [0.3, 0.4) is 0 Å². The zero-order chi connectivity index (χ0) is 16.9. The number of nitrogens with one attached hydrogen (secondary N) is 2. The molecule has 2 heterocycles. The second-order valence-electron chi connectivity index (χ2n) is 5.45. The van der Waals surface area contributed by atoms with Crippen LogP contribution in [0.1, 0.15) is 24.9 Å². The molecule has 2 N–H and O–H groups in total. The summed E-state index contributed by atoms with van der Waals surface area (Å²) in [7, 11) is 0. The van der Waals surface area contributed by atoms with E-state index in [0.717, 1.165) is 23.3 Å². The normalized spacial score (nSPS) is 10.9. The lowest BCUT2D eigenvalue weighted by molar-refractivity contribution is -0.121. The summed E-state index contributed by atoms with van der Waals surface area (Å²) in [6.45, 7) is 2.86. The molecule has 0 aliphatic heterocycles. The molecule has 0 bridgehead atoms. The van der Waals surface area contributed by atoms with Gasteiger partial charge in [0.05, 0.1) is 29.6 Å². The Hall–Kier alpha value is -2.96. The molecule has 124 valence electrons. The van der Waals surface area contributed by atoms with Gasteiger partial charge in [-0.25, -0.2) is 9.97 Å². The van der Waals surface area contributed by atoms with E-state index in [9.17, 15) is 9.59 Å². The third-order valence-electron chi connectivity index (χ3n) is 3.81. The van der Waals surface area contributed by atoms with Crippen LogP contribution in [0.5, 0.6) is 0 Å². The van der Waals surface area contributed by atoms with Gasteiger partial charge in [-0.15, -0.1) is 0 Å². The second kappa shape index (κ2) is 7.08. The number of amides is 1. The van der Waals surface area contributed by atoms with Crippen LogP contribution in [-0.4, -0.2) is 25.4 Å². The summed E-state index contributed by atoms with van der Waals surface area (Å²) in [6.07, 6.45) is 2.48. The molecule has 3 aromatic rings. The fraction of sp³-hybridized carbons (Fsp3) is 0.294. The molecular formula is C17H19N5O2. The molecule has 0 unspecified atom stereocenters. The molecule has 0 saturated carbocycles. The highest BCUT2D eigenvalue weighted by Gasteiger charge is 2.10. The minimum Gasteiger partial charge on any atom is -0.350 e. The molecule has 0 spiro atoms. The third kappa shape index (κ3) is 3.51. The van der Waals surface area contributed by atoms with Crippen molar-refractivity contribution in [2.24, 2.45) is 0 Å². The minimum absolute atomic E-state index is 0.0862. The number of carbonyl (C=O) groups excluding carboxylic acids is 1. The quantitative estimate of drug-likeness (QED) is 0.716. The van der Waals surface area contributed by atoms with Gasteiger partial charge < -0.3 is 14.9 Å². The van der Waals surface area contributed by atoms with E-state index in [0.29, 0.717) is 18.7 Å². The molecular weight excluding hydrogens is 306 g/mol. The number of para-hydroxylation sites is 2. The van der Waals surface area contributed by atoms with Crippen molar-refractivity contribution in [3.05, 3.63) is 58.5 Å². The number of fused-ring (bicyclic) bond motifs is 1. The lowest BCUT2D eigenvalue weighted by atomic mass is 10.3. The van der Waals surface area contributed by atoms with Gasteiger partial charge in [-0.1, -0.05) is 19.1 Å². The van der Waals surface area contributed by atoms with Crippen LogP contribution in [0.15, 0.2) is 41.5 Å². The van der Waals surface area contributed by atoms with E-state index in [1.165, 1.54) is 12.4 Å². The number of carbonyl (C=O) groups is 1. The van der Waals surface area contributed by atoms with Crippen molar-refractivity contribution in [2.75, 3.05) is 0 Å². The van der Waals surface area contributed by atoms with E-state index in [2.05, 4.69) is 31.8 Å². The van der Waals surface area contributed by atoms with Crippen molar-refractivity contribution >= 4 is 16.9 Å². The largest absolute Gasteiger partial charge is 0.350 e. The van der Waals surface area contributed by atoms with Crippen molar-refractivity contribution < 1.29 is 4.79 Å². The zero-order valence-electron chi connectivity index (χ0n) is 13.5. The predicted molar refractivity (Wildman–Crippen MR) is 90.4 cm³/mol. The highest BCUT2D eigenvalue weighted by molar-refractivity contribution is 5.78. The lowest BCUT2D eigenvalue weighted by Gasteiger charge is -2.08. The van der Waals surface area contributed by atoms with Crippen molar-refractivity contribution in [3.63, 3.8) is 0 Å². The number of imidazole rings is 1. The standard InChI is InChI=1S/C17H19N5O2/c1-2-15-21-13-5-3-4-6-14(13)22(15)8-7-16(23)18-10-12-9-17(24)20-11-19-12/h3-6,9,11H,2,7-8,10H2,1H3,(H,18,23)(H,19,20,24). The predicted octanol–water partition coefficient (Wildman–Crippen LogP) is 1.39. The summed E-state index contributed by atoms with van der Waals surface area (Å²) < 4.78 is 2.08. The number of aryl methyl sites for hydroxylation is 2. The summed E-state index contributed by atoms with van der Waals surface area (Å²) in [5, 5.41) is 2.79. The van der Waals surface area contributed by atoms with Gasteiger partial charge in [-0.3, -0.25) is 9.59 Å². The van der Waals surface area contributed by atoms with Crippen LogP contribution >= 0.6 is 0 Å². The summed E-state index contributed by atoms with van der Waals surface area (Å²) in [4.78, 5) is 34.3. The van der Waals surface area contributed by atoms with Gasteiger partial charge in [0.15, 0.2) is 0 Å². The molecule has 0 radical (unpaired) electrons. The molecule has 7 nitrogen and oxygen atoms in total. The Labute approximate surface area is 138 Å². The maximum absolute atomic E-state index is 12.1. The Balaban J connectivity index is 1.63. The number of nitrogens with zero attached hydrogens (tertiary/aromatic N) is 3. The first kappa shape index (κ1) is 15.9. The molecule has 3 rings (SSSR count). The summed E-state index contributed by atoms with van der Waals surface area (Å²) in [5.41, 5.74) is 2.29. The van der Waals surface area contributed by atoms with E-state index in [1.54, 1.807) is 0 Å². The number of aromatic amines is 1. The van der Waals surface area contributed by atoms with Gasteiger partial charge in [0.1, 0.15) is 5.82 Å². The third-order valence-corrected chi connectivity index (χ3v) is 3.81. The van der Waals surface area contributed by atoms with Crippen LogP contribution in [0, 0.1) is 0 Å². The Bertz CT molecular complexity index is 912. The number of aromatic nitrogens is 4. The monoisotopic (exact) mass is 325 g/mol. The molecule has 0 saturated heterocycles. The maximum Gasteiger partial charge on any atom is 0.250 e. The average Bonchev–Trinajstić information content (AvgIpc) is 2.96. The lowest BCUT2D eigenvalue weighted by Crippen LogP contribution is -2.25. The van der Waals surface area contributed by atoms with E-state index in [4.69, 9.17) is 0 Å². The van der Waals surface area contributed by atoms with Crippen LogP contribution in [0.2, 0.25) is 0 Å². The zero-order valence-corrected chi connectivity index (χ0v) is 13.5. The van der Waals surface area contributed by atoms with E-state index >= 15 is 0 Å². The highest BCUT2D eigenvalue weighted by Crippen LogP contribution is 2.16. The first-order chi connectivity index (χ1) is 11.7. The molecule has 24 heavy (non-hydrogen) atoms. The molecule has 7 heteroatoms. The maximum atomic E-state index is 12.1. The van der Waals surface area contributed by atoms with Crippen molar-refractivity contribution in [1.82, 2.24) is 24.8 Å². The molecule has 2 aromatic heterocycles. The number of rotatable bonds is 6. The molecule has 0 atom stereocenters. The topological polar surface area (TPSA) is 92.7 Å². The molecule has 1 aromatic carbocycles. The number of H-pyrrole nitrogens is 1. The number of hydrogen-bond donors (Lipinski definition) is 2. The first-order valence-corrected chi connectivity index (χ1v) is 7.92. The van der Waals surface area contributed by atoms with E-state index in [-0.39, 0.29) is 18.0 Å². The average molecular weight is 325 g/mol. The number of benzene rings is 1. The Kier molecular flexibility index (Phi) is 4.69. The van der Waals surface area contributed by atoms with Gasteiger partial charge in [0.25, 0.3) is 5.56 Å². The van der Waals surface area contributed by atoms with Gasteiger partial charge >= 0.3 is 0 Å². The smallest absolute Gasteiger partial charge is 0.250 e. The Morgan fingerprint density at radius 3 is 2.96 bits per heavy atom. The summed E-state index contributed by atoms with van der Waals surface area (Å²) >= 11 is 0. The van der Waals surface area contributed by atoms with Crippen molar-refractivity contribution in [1.29, 1.82) is 0 Å². The van der Waals surface area contributed by atoms with Crippen LogP contribution < -0.4 is 10.9 Å². The van der Waals surface area contributed by atoms with Crippen LogP contribution in [0.25, 0.3) is 11.0 Å². The van der Waals surface area contributed by atoms with Crippen molar-refractivity contribution in [3.8, 4) is 0 Å². The molecule has 0 fully saturated rings. The highest BCUT2D eigenvalue weighted by atomic mass is 16.1. The number of hydrogen-bond acceptors (Lipinski definition) is 4. The van der Waals surface area contributed by atoms with Crippen LogP contribution in [0.4, 0.5) is 0 Å².